The van der Waals surface area contributed by atoms with E-state index in [1.165, 1.54) is 6.07 Å². The van der Waals surface area contributed by atoms with Crippen LogP contribution in [0.2, 0.25) is 0 Å². The van der Waals surface area contributed by atoms with Crippen LogP contribution in [0.1, 0.15) is 40.7 Å². The molecule has 0 atom stereocenters. The smallest absolute Gasteiger partial charge is 0.416 e. The Kier molecular flexibility index (Phi) is 5.97. The number of ether oxygens (including phenoxy) is 2. The average Bonchev–Trinajstić information content (AvgIpc) is 2.75. The average molecular weight is 461 g/mol. The molecule has 0 aromatic heterocycles. The molecule has 1 N–H and O–H groups in total. The van der Waals surface area contributed by atoms with Crippen LogP contribution in [-0.2, 0) is 22.3 Å². The third-order valence-electron chi connectivity index (χ3n) is 5.65. The lowest BCUT2D eigenvalue weighted by Crippen LogP contribution is -2.55. The number of amides is 1. The lowest BCUT2D eigenvalue weighted by molar-refractivity contribution is -0.156. The van der Waals surface area contributed by atoms with Crippen LogP contribution in [-0.4, -0.2) is 18.1 Å². The lowest BCUT2D eigenvalue weighted by Gasteiger charge is -2.40. The summed E-state index contributed by atoms with van der Waals surface area (Å²) >= 11 is 0. The third-order valence-corrected chi connectivity index (χ3v) is 5.65. The van der Waals surface area contributed by atoms with Crippen LogP contribution in [0.15, 0.2) is 54.6 Å². The van der Waals surface area contributed by atoms with Gasteiger partial charge < -0.3 is 14.8 Å². The molecule has 33 heavy (non-hydrogen) atoms. The molecule has 0 radical (unpaired) electrons. The topological polar surface area (TPSA) is 64.6 Å². The van der Waals surface area contributed by atoms with Gasteiger partial charge in [-0.15, -0.1) is 0 Å². The molecule has 1 amide bonds. The summed E-state index contributed by atoms with van der Waals surface area (Å²) in [6, 6.07) is 12.5. The van der Waals surface area contributed by atoms with Gasteiger partial charge >= 0.3 is 6.18 Å². The Balaban J connectivity index is 1.65. The minimum atomic E-state index is -4.66. The van der Waals surface area contributed by atoms with Crippen LogP contribution >= 0.6 is 0 Å². The minimum Gasteiger partial charge on any atom is -0.487 e. The fourth-order valence-corrected chi connectivity index (χ4v) is 3.70. The molecule has 0 saturated heterocycles. The summed E-state index contributed by atoms with van der Waals surface area (Å²) in [7, 11) is 0. The van der Waals surface area contributed by atoms with E-state index in [2.05, 4.69) is 5.32 Å². The molecule has 0 unspecified atom stereocenters. The Bertz CT molecular complexity index is 1200. The second kappa shape index (κ2) is 8.73. The molecule has 3 aromatic carbocycles. The molecule has 0 aliphatic heterocycles. The van der Waals surface area contributed by atoms with E-state index < -0.39 is 35.8 Å². The quantitative estimate of drug-likeness (QED) is 0.292. The van der Waals surface area contributed by atoms with E-state index in [-0.39, 0.29) is 23.3 Å². The van der Waals surface area contributed by atoms with Crippen molar-refractivity contribution in [2.24, 2.45) is 0 Å². The van der Waals surface area contributed by atoms with Gasteiger partial charge in [-0.3, -0.25) is 9.59 Å². The highest BCUT2D eigenvalue weighted by molar-refractivity contribution is 6.04. The molecule has 0 bridgehead atoms. The molecule has 1 aliphatic carbocycles. The SMILES string of the molecule is O=COC1(NC(=O)c2ccc3ccccc3c2OCc2ccc(C(F)(F)F)cc2F)CCC1. The summed E-state index contributed by atoms with van der Waals surface area (Å²) in [6.45, 7) is -0.112. The first-order chi connectivity index (χ1) is 15.7. The predicted molar refractivity (Wildman–Crippen MR) is 111 cm³/mol. The molecule has 0 spiro atoms. The number of alkyl halides is 3. The largest absolute Gasteiger partial charge is 0.487 e. The van der Waals surface area contributed by atoms with Gasteiger partial charge in [-0.05, 0) is 30.0 Å². The van der Waals surface area contributed by atoms with Crippen molar-refractivity contribution < 1.29 is 36.6 Å². The first-order valence-electron chi connectivity index (χ1n) is 10.2. The molecule has 1 aliphatic rings. The van der Waals surface area contributed by atoms with Crippen molar-refractivity contribution in [3.05, 3.63) is 77.1 Å². The maximum absolute atomic E-state index is 14.3. The summed E-state index contributed by atoms with van der Waals surface area (Å²) in [6.07, 6.45) is -2.94. The predicted octanol–water partition coefficient (Wildman–Crippen LogP) is 5.36. The number of hydrogen-bond acceptors (Lipinski definition) is 4. The second-order valence-corrected chi connectivity index (χ2v) is 7.77. The van der Waals surface area contributed by atoms with Gasteiger partial charge in [-0.1, -0.05) is 36.4 Å². The molecule has 3 aromatic rings. The molecule has 172 valence electrons. The fraction of sp³-hybridized carbons (Fsp3) is 0.250. The minimum absolute atomic E-state index is 0.0953. The summed E-state index contributed by atoms with van der Waals surface area (Å²) in [5.41, 5.74) is -2.15. The maximum atomic E-state index is 14.3. The molecule has 0 heterocycles. The second-order valence-electron chi connectivity index (χ2n) is 7.77. The molecule has 1 fully saturated rings. The number of nitrogens with one attached hydrogen (secondary N) is 1. The van der Waals surface area contributed by atoms with Gasteiger partial charge in [0.15, 0.2) is 5.72 Å². The van der Waals surface area contributed by atoms with Crippen LogP contribution in [0.5, 0.6) is 5.75 Å². The van der Waals surface area contributed by atoms with Gasteiger partial charge in [0, 0.05) is 23.8 Å². The van der Waals surface area contributed by atoms with Gasteiger partial charge in [0.1, 0.15) is 18.2 Å². The number of hydrogen-bond donors (Lipinski definition) is 1. The van der Waals surface area contributed by atoms with Gasteiger partial charge in [0.2, 0.25) is 0 Å². The molecular formula is C24H19F4NO4. The fourth-order valence-electron chi connectivity index (χ4n) is 3.70. The summed E-state index contributed by atoms with van der Waals surface area (Å²) < 4.78 is 63.6. The van der Waals surface area contributed by atoms with Crippen molar-refractivity contribution in [1.29, 1.82) is 0 Å². The highest BCUT2D eigenvalue weighted by Crippen LogP contribution is 2.36. The third kappa shape index (κ3) is 4.62. The standard InChI is InChI=1S/C24H19F4NO4/c25-20-12-17(24(26,27)28)8-6-16(20)13-32-21-18-5-2-1-4-15(18)7-9-19(21)22(31)29-23(33-14-30)10-3-11-23/h1-2,4-9,12,14H,3,10-11,13H2,(H,29,31). The van der Waals surface area contributed by atoms with Crippen LogP contribution in [0.25, 0.3) is 10.8 Å². The van der Waals surface area contributed by atoms with E-state index in [1.807, 2.05) is 0 Å². The monoisotopic (exact) mass is 461 g/mol. The van der Waals surface area contributed by atoms with Gasteiger partial charge in [-0.25, -0.2) is 4.39 Å². The van der Waals surface area contributed by atoms with Crippen molar-refractivity contribution in [3.63, 3.8) is 0 Å². The van der Waals surface area contributed by atoms with Crippen LogP contribution in [0, 0.1) is 5.82 Å². The molecule has 9 heteroatoms. The Hall–Kier alpha value is -3.62. The zero-order chi connectivity index (χ0) is 23.6. The number of halogens is 4. The number of fused-ring (bicyclic) bond motifs is 1. The van der Waals surface area contributed by atoms with Crippen molar-refractivity contribution in [2.45, 2.75) is 37.8 Å². The first-order valence-corrected chi connectivity index (χ1v) is 10.2. The van der Waals surface area contributed by atoms with E-state index in [4.69, 9.17) is 9.47 Å². The Morgan fingerprint density at radius 3 is 2.48 bits per heavy atom. The highest BCUT2D eigenvalue weighted by Gasteiger charge is 2.41. The van der Waals surface area contributed by atoms with E-state index in [0.717, 1.165) is 23.9 Å². The number of carbonyl (C=O) groups is 2. The molecule has 1 saturated carbocycles. The Morgan fingerprint density at radius 1 is 1.09 bits per heavy atom. The molecule has 5 nitrogen and oxygen atoms in total. The van der Waals surface area contributed by atoms with E-state index >= 15 is 0 Å². The summed E-state index contributed by atoms with van der Waals surface area (Å²) in [5.74, 6) is -1.47. The van der Waals surface area contributed by atoms with E-state index in [0.29, 0.717) is 24.3 Å². The van der Waals surface area contributed by atoms with Crippen LogP contribution in [0.4, 0.5) is 17.6 Å². The zero-order valence-electron chi connectivity index (χ0n) is 17.2. The Labute approximate surface area is 186 Å². The van der Waals surface area contributed by atoms with Gasteiger partial charge in [0.25, 0.3) is 12.4 Å². The summed E-state index contributed by atoms with van der Waals surface area (Å²) in [4.78, 5) is 23.9. The Morgan fingerprint density at radius 2 is 1.85 bits per heavy atom. The number of rotatable bonds is 7. The number of benzene rings is 3. The highest BCUT2D eigenvalue weighted by atomic mass is 19.4. The van der Waals surface area contributed by atoms with Gasteiger partial charge in [0.05, 0.1) is 11.1 Å². The lowest BCUT2D eigenvalue weighted by atomic mass is 9.87. The van der Waals surface area contributed by atoms with Gasteiger partial charge in [-0.2, -0.15) is 13.2 Å². The van der Waals surface area contributed by atoms with Crippen molar-refractivity contribution >= 4 is 23.2 Å². The van der Waals surface area contributed by atoms with E-state index in [1.54, 1.807) is 30.3 Å². The summed E-state index contributed by atoms with van der Waals surface area (Å²) in [5, 5.41) is 4.03. The van der Waals surface area contributed by atoms with Crippen LogP contribution < -0.4 is 10.1 Å². The van der Waals surface area contributed by atoms with Crippen molar-refractivity contribution in [2.75, 3.05) is 0 Å². The van der Waals surface area contributed by atoms with E-state index in [9.17, 15) is 27.2 Å². The molecule has 4 rings (SSSR count). The first kappa shape index (κ1) is 22.6. The molecular weight excluding hydrogens is 442 g/mol. The zero-order valence-corrected chi connectivity index (χ0v) is 17.2. The van der Waals surface area contributed by atoms with Crippen LogP contribution in [0.3, 0.4) is 0 Å². The van der Waals surface area contributed by atoms with Crippen molar-refractivity contribution in [1.82, 2.24) is 5.32 Å². The normalized spacial score (nSPS) is 14.9. The maximum Gasteiger partial charge on any atom is 0.416 e. The van der Waals surface area contributed by atoms with Crippen molar-refractivity contribution in [3.8, 4) is 5.75 Å². The number of carbonyl (C=O) groups excluding carboxylic acids is 2.